The van der Waals surface area contributed by atoms with Crippen molar-refractivity contribution >= 4 is 5.78 Å². The van der Waals surface area contributed by atoms with E-state index in [1.165, 1.54) is 0 Å². The molecule has 2 bridgehead atoms. The second-order valence-electron chi connectivity index (χ2n) is 7.39. The highest BCUT2D eigenvalue weighted by Gasteiger charge is 2.40. The number of ketones is 1. The van der Waals surface area contributed by atoms with Crippen LogP contribution in [-0.2, 0) is 4.74 Å². The van der Waals surface area contributed by atoms with E-state index in [0.717, 1.165) is 60.7 Å². The Hall–Kier alpha value is -1.17. The van der Waals surface area contributed by atoms with Crippen molar-refractivity contribution in [2.24, 2.45) is 0 Å². The zero-order valence-corrected chi connectivity index (χ0v) is 15.0. The number of aryl methyl sites for hydroxylation is 1. The van der Waals surface area contributed by atoms with Gasteiger partial charge in [0.25, 0.3) is 0 Å². The zero-order valence-electron chi connectivity index (χ0n) is 15.0. The van der Waals surface area contributed by atoms with Crippen LogP contribution in [0.4, 0.5) is 0 Å². The van der Waals surface area contributed by atoms with Crippen LogP contribution in [0.25, 0.3) is 0 Å². The van der Waals surface area contributed by atoms with Crippen LogP contribution in [-0.4, -0.2) is 79.3 Å². The maximum absolute atomic E-state index is 13.0. The molecule has 0 unspecified atom stereocenters. The van der Waals surface area contributed by atoms with Gasteiger partial charge in [-0.15, -0.1) is 0 Å². The van der Waals surface area contributed by atoms with E-state index in [9.17, 15) is 4.79 Å². The van der Waals surface area contributed by atoms with Gasteiger partial charge < -0.3 is 13.8 Å². The number of nitrogens with zero attached hydrogens (tertiary/aromatic N) is 3. The molecule has 3 aliphatic rings. The number of Topliss-reactive ketones (excluding diaryl/α,β-unsaturated/α-hetero) is 1. The van der Waals surface area contributed by atoms with Crippen molar-refractivity contribution in [1.82, 2.24) is 9.47 Å². The molecule has 1 atom stereocenters. The molecule has 0 aromatic carbocycles. The van der Waals surface area contributed by atoms with E-state index in [1.807, 2.05) is 0 Å². The maximum Gasteiger partial charge on any atom is 0.218 e. The molecule has 3 aliphatic heterocycles. The van der Waals surface area contributed by atoms with Crippen LogP contribution in [0, 0.1) is 13.8 Å². The average Bonchev–Trinajstić information content (AvgIpc) is 2.84. The predicted octanol–water partition coefficient (Wildman–Crippen LogP) is 1.64. The number of piperazine rings is 3. The molecule has 0 aliphatic carbocycles. The van der Waals surface area contributed by atoms with Gasteiger partial charge in [-0.3, -0.25) is 9.69 Å². The Labute approximate surface area is 139 Å². The second-order valence-corrected chi connectivity index (χ2v) is 7.39. The molecular weight excluding hydrogens is 290 g/mol. The summed E-state index contributed by atoms with van der Waals surface area (Å²) in [6, 6.07) is 2.33. The predicted molar refractivity (Wildman–Crippen MR) is 91.0 cm³/mol. The summed E-state index contributed by atoms with van der Waals surface area (Å²) in [5.74, 6) is 0.310. The molecule has 128 valence electrons. The van der Waals surface area contributed by atoms with Gasteiger partial charge in [-0.25, -0.2) is 0 Å². The number of quaternary nitrogens is 1. The topological polar surface area (TPSA) is 34.5 Å². The lowest BCUT2D eigenvalue weighted by Crippen LogP contribution is -2.68. The summed E-state index contributed by atoms with van der Waals surface area (Å²) < 4.78 is 8.52. The lowest BCUT2D eigenvalue weighted by atomic mass is 10.1. The van der Waals surface area contributed by atoms with Crippen molar-refractivity contribution in [3.8, 4) is 0 Å². The van der Waals surface area contributed by atoms with Crippen LogP contribution in [0.3, 0.4) is 0 Å². The number of carbonyl (C=O) groups is 1. The summed E-state index contributed by atoms with van der Waals surface area (Å²) >= 11 is 0. The second kappa shape index (κ2) is 6.38. The summed E-state index contributed by atoms with van der Waals surface area (Å²) in [5, 5.41) is 0. The van der Waals surface area contributed by atoms with Gasteiger partial charge in [-0.05, 0) is 26.8 Å². The molecule has 0 N–H and O–H groups in total. The smallest absolute Gasteiger partial charge is 0.218 e. The highest BCUT2D eigenvalue weighted by Crippen LogP contribution is 2.24. The molecule has 3 saturated heterocycles. The van der Waals surface area contributed by atoms with Crippen molar-refractivity contribution in [2.75, 3.05) is 59.5 Å². The van der Waals surface area contributed by atoms with Crippen LogP contribution in [0.2, 0.25) is 0 Å². The average molecular weight is 320 g/mol. The van der Waals surface area contributed by atoms with Gasteiger partial charge in [-0.1, -0.05) is 0 Å². The molecular formula is C18H30N3O2+. The van der Waals surface area contributed by atoms with E-state index in [1.54, 1.807) is 7.11 Å². The molecule has 5 heteroatoms. The number of methoxy groups -OCH3 is 1. The first-order chi connectivity index (χ1) is 11.0. The van der Waals surface area contributed by atoms with Crippen LogP contribution < -0.4 is 0 Å². The van der Waals surface area contributed by atoms with Gasteiger partial charge in [0, 0.05) is 43.7 Å². The van der Waals surface area contributed by atoms with Crippen molar-refractivity contribution < 1.29 is 14.0 Å². The van der Waals surface area contributed by atoms with Gasteiger partial charge >= 0.3 is 0 Å². The number of carbonyl (C=O) groups excluding carboxylic acids is 1. The Balaban J connectivity index is 1.79. The molecule has 4 heterocycles. The molecule has 0 saturated carbocycles. The highest BCUT2D eigenvalue weighted by molar-refractivity contribution is 5.98. The third kappa shape index (κ3) is 3.10. The Kier molecular flexibility index (Phi) is 4.63. The minimum absolute atomic E-state index is 0.257. The first kappa shape index (κ1) is 16.7. The van der Waals surface area contributed by atoms with E-state index >= 15 is 0 Å². The minimum atomic E-state index is 0.257. The van der Waals surface area contributed by atoms with Crippen LogP contribution >= 0.6 is 0 Å². The van der Waals surface area contributed by atoms with E-state index in [4.69, 9.17) is 4.74 Å². The first-order valence-corrected chi connectivity index (χ1v) is 8.74. The molecule has 3 fully saturated rings. The minimum Gasteiger partial charge on any atom is -0.383 e. The molecule has 0 amide bonds. The molecule has 4 rings (SSSR count). The summed E-state index contributed by atoms with van der Waals surface area (Å²) in [6.45, 7) is 14.5. The summed E-state index contributed by atoms with van der Waals surface area (Å²) in [5.41, 5.74) is 3.15. The zero-order chi connectivity index (χ0) is 16.6. The number of hydrogen-bond acceptors (Lipinski definition) is 3. The largest absolute Gasteiger partial charge is 0.383 e. The Morgan fingerprint density at radius 3 is 2.43 bits per heavy atom. The van der Waals surface area contributed by atoms with Crippen molar-refractivity contribution in [3.05, 3.63) is 23.0 Å². The van der Waals surface area contributed by atoms with Crippen molar-refractivity contribution in [1.29, 1.82) is 0 Å². The molecule has 1 aromatic heterocycles. The van der Waals surface area contributed by atoms with Crippen LogP contribution in [0.5, 0.6) is 0 Å². The fourth-order valence-electron chi connectivity index (χ4n) is 4.41. The van der Waals surface area contributed by atoms with Gasteiger partial charge in [0.2, 0.25) is 5.78 Å². The van der Waals surface area contributed by atoms with Crippen molar-refractivity contribution in [2.45, 2.75) is 26.8 Å². The lowest BCUT2D eigenvalue weighted by Gasteiger charge is -2.50. The van der Waals surface area contributed by atoms with Crippen LogP contribution in [0.1, 0.15) is 34.7 Å². The molecule has 1 aromatic rings. The lowest BCUT2D eigenvalue weighted by molar-refractivity contribution is -0.933. The molecule has 0 spiro atoms. The summed E-state index contributed by atoms with van der Waals surface area (Å²) in [6.07, 6.45) is 0. The van der Waals surface area contributed by atoms with E-state index < -0.39 is 0 Å². The third-order valence-electron chi connectivity index (χ3n) is 5.78. The van der Waals surface area contributed by atoms with Gasteiger partial charge in [-0.2, -0.15) is 0 Å². The van der Waals surface area contributed by atoms with E-state index in [-0.39, 0.29) is 6.04 Å². The fraction of sp³-hybridized carbons (Fsp3) is 0.722. The summed E-state index contributed by atoms with van der Waals surface area (Å²) in [4.78, 5) is 15.5. The number of hydrogen-bond donors (Lipinski definition) is 0. The normalized spacial score (nSPS) is 28.1. The number of rotatable bonds is 6. The number of fused-ring (bicyclic) bond motifs is 3. The number of aromatic nitrogens is 1. The molecule has 0 radical (unpaired) electrons. The van der Waals surface area contributed by atoms with Crippen molar-refractivity contribution in [3.63, 3.8) is 0 Å². The third-order valence-corrected chi connectivity index (χ3v) is 5.78. The molecule has 5 nitrogen and oxygen atoms in total. The Bertz CT molecular complexity index is 572. The standard InChI is InChI=1S/C18H30N3O2/c1-14-11-17(16(3)20(14)15(2)13-23-4)18(22)12-21-8-5-19(6-9-21)7-10-21/h11,15H,5-10,12-13H2,1-4H3/q+1/t15-/m1/s1. The Morgan fingerprint density at radius 1 is 1.26 bits per heavy atom. The summed E-state index contributed by atoms with van der Waals surface area (Å²) in [7, 11) is 1.73. The maximum atomic E-state index is 13.0. The monoisotopic (exact) mass is 320 g/mol. The van der Waals surface area contributed by atoms with Gasteiger partial charge in [0.15, 0.2) is 0 Å². The number of ether oxygens (including phenoxy) is 1. The van der Waals surface area contributed by atoms with Gasteiger partial charge in [0.1, 0.15) is 6.54 Å². The van der Waals surface area contributed by atoms with E-state index in [2.05, 4.69) is 36.3 Å². The first-order valence-electron chi connectivity index (χ1n) is 8.74. The van der Waals surface area contributed by atoms with Crippen LogP contribution in [0.15, 0.2) is 6.07 Å². The highest BCUT2D eigenvalue weighted by atomic mass is 16.5. The van der Waals surface area contributed by atoms with Gasteiger partial charge in [0.05, 0.1) is 32.3 Å². The van der Waals surface area contributed by atoms with E-state index in [0.29, 0.717) is 18.9 Å². The Morgan fingerprint density at radius 2 is 1.87 bits per heavy atom. The quantitative estimate of drug-likeness (QED) is 0.590. The SMILES string of the molecule is COC[C@@H](C)n1c(C)cc(C(=O)C[N+]23CCN(CC2)CC3)c1C. The fourth-order valence-corrected chi connectivity index (χ4v) is 4.41. The molecule has 23 heavy (non-hydrogen) atoms.